The SMILES string of the molecule is CCC1=C[C@@H]2[C@H](C1)CC2(CC(=O)OC)C[N+](=O)[O-]. The van der Waals surface area contributed by atoms with Crippen LogP contribution < -0.4 is 0 Å². The van der Waals surface area contributed by atoms with Crippen LogP contribution in [-0.4, -0.2) is 24.5 Å². The highest BCUT2D eigenvalue weighted by atomic mass is 16.6. The Hall–Kier alpha value is -1.39. The summed E-state index contributed by atoms with van der Waals surface area (Å²) in [5.74, 6) is 0.357. The van der Waals surface area contributed by atoms with E-state index in [1.165, 1.54) is 12.7 Å². The molecule has 0 radical (unpaired) electrons. The third-order valence-electron chi connectivity index (χ3n) is 4.45. The number of nitrogens with zero attached hydrogens (tertiary/aromatic N) is 1. The van der Waals surface area contributed by atoms with Crippen LogP contribution in [0.3, 0.4) is 0 Å². The fraction of sp³-hybridized carbons (Fsp3) is 0.769. The predicted octanol–water partition coefficient (Wildman–Crippen LogP) is 2.19. The molecule has 0 N–H and O–H groups in total. The molecule has 2 rings (SSSR count). The number of esters is 1. The number of ether oxygens (including phenoxy) is 1. The molecule has 2 aliphatic carbocycles. The monoisotopic (exact) mass is 253 g/mol. The highest BCUT2D eigenvalue weighted by Gasteiger charge is 2.58. The van der Waals surface area contributed by atoms with Gasteiger partial charge in [0.1, 0.15) is 0 Å². The molecule has 1 unspecified atom stereocenters. The summed E-state index contributed by atoms with van der Waals surface area (Å²) in [6.07, 6.45) is 5.15. The summed E-state index contributed by atoms with van der Waals surface area (Å²) in [5.41, 5.74) is 0.873. The maximum atomic E-state index is 11.5. The molecule has 0 aromatic heterocycles. The molecule has 0 aliphatic heterocycles. The van der Waals surface area contributed by atoms with Crippen LogP contribution in [0, 0.1) is 27.4 Å². The summed E-state index contributed by atoms with van der Waals surface area (Å²) in [6, 6.07) is 0. The standard InChI is InChI=1S/C13H19NO4/c1-3-9-4-10-6-13(8-14(16)17,11(10)5-9)7-12(15)18-2/h5,10-11H,3-4,6-8H2,1-2H3/t10-,11-,13?/m1/s1. The second-order valence-electron chi connectivity index (χ2n) is 5.48. The highest BCUT2D eigenvalue weighted by Crippen LogP contribution is 2.60. The summed E-state index contributed by atoms with van der Waals surface area (Å²) < 4.78 is 4.68. The first-order valence-corrected chi connectivity index (χ1v) is 6.39. The van der Waals surface area contributed by atoms with E-state index >= 15 is 0 Å². The minimum absolute atomic E-state index is 0.128. The Morgan fingerprint density at radius 1 is 1.67 bits per heavy atom. The van der Waals surface area contributed by atoms with E-state index in [-0.39, 0.29) is 29.8 Å². The molecule has 0 heterocycles. The summed E-state index contributed by atoms with van der Waals surface area (Å²) in [5, 5.41) is 10.8. The van der Waals surface area contributed by atoms with Crippen molar-refractivity contribution in [3.63, 3.8) is 0 Å². The maximum absolute atomic E-state index is 11.5. The molecule has 0 bridgehead atoms. The van der Waals surface area contributed by atoms with Gasteiger partial charge >= 0.3 is 5.97 Å². The largest absolute Gasteiger partial charge is 0.469 e. The third kappa shape index (κ3) is 2.13. The smallest absolute Gasteiger partial charge is 0.306 e. The van der Waals surface area contributed by atoms with Gasteiger partial charge in [-0.05, 0) is 31.1 Å². The number of methoxy groups -OCH3 is 1. The normalized spacial score (nSPS) is 33.3. The van der Waals surface area contributed by atoms with E-state index in [1.807, 2.05) is 0 Å². The van der Waals surface area contributed by atoms with Crippen molar-refractivity contribution in [2.24, 2.45) is 17.3 Å². The van der Waals surface area contributed by atoms with Gasteiger partial charge in [0.25, 0.3) is 0 Å². The van der Waals surface area contributed by atoms with Crippen LogP contribution in [-0.2, 0) is 9.53 Å². The molecule has 18 heavy (non-hydrogen) atoms. The number of allylic oxidation sites excluding steroid dienone is 2. The lowest BCUT2D eigenvalue weighted by molar-refractivity contribution is -0.505. The molecule has 0 aromatic rings. The molecule has 1 fully saturated rings. The second kappa shape index (κ2) is 4.71. The Balaban J connectivity index is 2.15. The van der Waals surface area contributed by atoms with Crippen LogP contribution in [0.4, 0.5) is 0 Å². The van der Waals surface area contributed by atoms with E-state index in [0.717, 1.165) is 19.3 Å². The van der Waals surface area contributed by atoms with Crippen molar-refractivity contribution < 1.29 is 14.5 Å². The molecule has 0 spiro atoms. The second-order valence-corrected chi connectivity index (χ2v) is 5.48. The molecule has 100 valence electrons. The number of carbonyl (C=O) groups excluding carboxylic acids is 1. The van der Waals surface area contributed by atoms with Crippen LogP contribution in [0.5, 0.6) is 0 Å². The highest BCUT2D eigenvalue weighted by molar-refractivity contribution is 5.70. The van der Waals surface area contributed by atoms with Crippen LogP contribution in [0.2, 0.25) is 0 Å². The zero-order chi connectivity index (χ0) is 13.3. The van der Waals surface area contributed by atoms with Crippen LogP contribution in [0.15, 0.2) is 11.6 Å². The topological polar surface area (TPSA) is 69.4 Å². The average molecular weight is 253 g/mol. The zero-order valence-electron chi connectivity index (χ0n) is 10.8. The van der Waals surface area contributed by atoms with Crippen molar-refractivity contribution in [3.05, 3.63) is 21.8 Å². The quantitative estimate of drug-likeness (QED) is 0.326. The van der Waals surface area contributed by atoms with Gasteiger partial charge < -0.3 is 4.74 Å². The lowest BCUT2D eigenvalue weighted by atomic mass is 9.53. The van der Waals surface area contributed by atoms with Crippen molar-refractivity contribution in [1.29, 1.82) is 0 Å². The van der Waals surface area contributed by atoms with Gasteiger partial charge in [0.05, 0.1) is 18.9 Å². The number of rotatable bonds is 5. The lowest BCUT2D eigenvalue weighted by Crippen LogP contribution is -2.51. The van der Waals surface area contributed by atoms with Gasteiger partial charge in [-0.25, -0.2) is 0 Å². The summed E-state index contributed by atoms with van der Waals surface area (Å²) in [4.78, 5) is 22.0. The van der Waals surface area contributed by atoms with Crippen molar-refractivity contribution >= 4 is 5.97 Å². The molecule has 0 saturated heterocycles. The van der Waals surface area contributed by atoms with Gasteiger partial charge in [0, 0.05) is 4.92 Å². The Kier molecular flexibility index (Phi) is 3.41. The summed E-state index contributed by atoms with van der Waals surface area (Å²) >= 11 is 0. The van der Waals surface area contributed by atoms with Crippen molar-refractivity contribution in [1.82, 2.24) is 0 Å². The fourth-order valence-corrected chi connectivity index (χ4v) is 3.59. The van der Waals surface area contributed by atoms with Gasteiger partial charge in [0.2, 0.25) is 6.54 Å². The van der Waals surface area contributed by atoms with E-state index < -0.39 is 5.41 Å². The molecule has 0 amide bonds. The average Bonchev–Trinajstić information content (AvgIpc) is 2.65. The fourth-order valence-electron chi connectivity index (χ4n) is 3.59. The van der Waals surface area contributed by atoms with Crippen LogP contribution in [0.25, 0.3) is 0 Å². The number of hydrogen-bond acceptors (Lipinski definition) is 4. The summed E-state index contributed by atoms with van der Waals surface area (Å²) in [7, 11) is 1.33. The Morgan fingerprint density at radius 2 is 2.39 bits per heavy atom. The van der Waals surface area contributed by atoms with E-state index in [0.29, 0.717) is 5.92 Å². The van der Waals surface area contributed by atoms with Crippen LogP contribution >= 0.6 is 0 Å². The van der Waals surface area contributed by atoms with Gasteiger partial charge in [-0.2, -0.15) is 0 Å². The van der Waals surface area contributed by atoms with Gasteiger partial charge in [0.15, 0.2) is 0 Å². The minimum Gasteiger partial charge on any atom is -0.469 e. The van der Waals surface area contributed by atoms with Gasteiger partial charge in [-0.1, -0.05) is 18.6 Å². The first-order valence-electron chi connectivity index (χ1n) is 6.39. The lowest BCUT2D eigenvalue weighted by Gasteiger charge is -2.49. The van der Waals surface area contributed by atoms with Crippen molar-refractivity contribution in [2.45, 2.75) is 32.6 Å². The molecular formula is C13H19NO4. The number of hydrogen-bond donors (Lipinski definition) is 0. The Labute approximate surface area is 106 Å². The van der Waals surface area contributed by atoms with Gasteiger partial charge in [-0.15, -0.1) is 0 Å². The third-order valence-corrected chi connectivity index (χ3v) is 4.45. The zero-order valence-corrected chi connectivity index (χ0v) is 10.8. The predicted molar refractivity (Wildman–Crippen MR) is 65.5 cm³/mol. The van der Waals surface area contributed by atoms with E-state index in [2.05, 4.69) is 17.7 Å². The number of carbonyl (C=O) groups is 1. The number of fused-ring (bicyclic) bond motifs is 1. The first-order chi connectivity index (χ1) is 8.50. The number of nitro groups is 1. The molecule has 5 nitrogen and oxygen atoms in total. The van der Waals surface area contributed by atoms with Crippen molar-refractivity contribution in [2.75, 3.05) is 13.7 Å². The van der Waals surface area contributed by atoms with Gasteiger partial charge in [-0.3, -0.25) is 14.9 Å². The van der Waals surface area contributed by atoms with E-state index in [9.17, 15) is 14.9 Å². The summed E-state index contributed by atoms with van der Waals surface area (Å²) in [6.45, 7) is 1.98. The van der Waals surface area contributed by atoms with Crippen molar-refractivity contribution in [3.8, 4) is 0 Å². The Morgan fingerprint density at radius 3 is 2.94 bits per heavy atom. The molecule has 0 aromatic carbocycles. The maximum Gasteiger partial charge on any atom is 0.306 e. The molecule has 3 atom stereocenters. The first kappa shape index (κ1) is 13.1. The Bertz CT molecular complexity index is 404. The molecule has 5 heteroatoms. The molecule has 1 saturated carbocycles. The van der Waals surface area contributed by atoms with Crippen LogP contribution in [0.1, 0.15) is 32.6 Å². The molecular weight excluding hydrogens is 234 g/mol. The minimum atomic E-state index is -0.502. The molecule has 2 aliphatic rings. The van der Waals surface area contributed by atoms with E-state index in [4.69, 9.17) is 0 Å². The van der Waals surface area contributed by atoms with E-state index in [1.54, 1.807) is 0 Å².